The number of fused-ring (bicyclic) bond motifs is 1. The van der Waals surface area contributed by atoms with Gasteiger partial charge < -0.3 is 10.6 Å². The van der Waals surface area contributed by atoms with Crippen LogP contribution in [0, 0.1) is 11.3 Å². The zero-order valence-corrected chi connectivity index (χ0v) is 22.3. The van der Waals surface area contributed by atoms with Gasteiger partial charge in [0.05, 0.1) is 11.3 Å². The number of ketones is 1. The van der Waals surface area contributed by atoms with Crippen molar-refractivity contribution in [2.45, 2.75) is 12.6 Å². The zero-order chi connectivity index (χ0) is 29.9. The summed E-state index contributed by atoms with van der Waals surface area (Å²) in [6.45, 7) is 0.538. The average Bonchev–Trinajstić information content (AvgIpc) is 3.58. The second kappa shape index (κ2) is 11.7. The number of nitrogens with zero attached hydrogens (tertiary/aromatic N) is 6. The molecule has 0 aliphatic rings. The van der Waals surface area contributed by atoms with Gasteiger partial charge in [0.2, 0.25) is 5.78 Å². The van der Waals surface area contributed by atoms with Gasteiger partial charge in [0.1, 0.15) is 17.5 Å². The Bertz CT molecular complexity index is 1770. The molecule has 0 saturated carbocycles. The normalized spacial score (nSPS) is 11.3. The molecule has 10 nitrogen and oxygen atoms in total. The number of aromatic nitrogens is 5. The van der Waals surface area contributed by atoms with Crippen LogP contribution in [0.1, 0.15) is 44.1 Å². The van der Waals surface area contributed by atoms with Crippen molar-refractivity contribution in [3.05, 3.63) is 106 Å². The molecule has 0 bridgehead atoms. The third-order valence-corrected chi connectivity index (χ3v) is 6.41. The van der Waals surface area contributed by atoms with Crippen LogP contribution in [-0.2, 0) is 6.18 Å². The Labute approximate surface area is 241 Å². The highest BCUT2D eigenvalue weighted by molar-refractivity contribution is 6.30. The Kier molecular flexibility index (Phi) is 7.90. The molecular formula is C28H20ClF3N8O2. The van der Waals surface area contributed by atoms with Crippen molar-refractivity contribution in [3.63, 3.8) is 0 Å². The van der Waals surface area contributed by atoms with Crippen molar-refractivity contribution in [2.75, 3.05) is 18.4 Å². The van der Waals surface area contributed by atoms with Crippen molar-refractivity contribution < 1.29 is 22.8 Å². The summed E-state index contributed by atoms with van der Waals surface area (Å²) in [5.74, 6) is -0.896. The smallest absolute Gasteiger partial charge is 0.369 e. The number of halogens is 4. The van der Waals surface area contributed by atoms with Crippen molar-refractivity contribution in [3.8, 4) is 11.8 Å². The number of amides is 1. The first kappa shape index (κ1) is 28.3. The lowest BCUT2D eigenvalue weighted by atomic mass is 10.0. The van der Waals surface area contributed by atoms with Crippen LogP contribution in [0.25, 0.3) is 11.3 Å². The summed E-state index contributed by atoms with van der Waals surface area (Å²) in [5, 5.41) is 24.8. The number of benzene rings is 2. The van der Waals surface area contributed by atoms with E-state index in [9.17, 15) is 28.0 Å². The van der Waals surface area contributed by atoms with Gasteiger partial charge in [0.15, 0.2) is 17.0 Å². The molecule has 0 saturated heterocycles. The van der Waals surface area contributed by atoms with Gasteiger partial charge in [-0.25, -0.2) is 14.2 Å². The van der Waals surface area contributed by atoms with E-state index in [0.717, 1.165) is 24.3 Å². The summed E-state index contributed by atoms with van der Waals surface area (Å²) >= 11 is 6.01. The van der Waals surface area contributed by atoms with E-state index in [-0.39, 0.29) is 47.3 Å². The number of anilines is 1. The van der Waals surface area contributed by atoms with Crippen LogP contribution in [0.2, 0.25) is 5.02 Å². The average molecular weight is 593 g/mol. The molecule has 14 heteroatoms. The van der Waals surface area contributed by atoms with E-state index in [2.05, 4.69) is 25.8 Å². The van der Waals surface area contributed by atoms with Crippen molar-refractivity contribution in [1.82, 2.24) is 29.7 Å². The molecule has 5 rings (SSSR count). The fourth-order valence-electron chi connectivity index (χ4n) is 4.09. The molecule has 0 aliphatic heterocycles. The van der Waals surface area contributed by atoms with E-state index in [0.29, 0.717) is 22.8 Å². The first-order valence-corrected chi connectivity index (χ1v) is 12.9. The monoisotopic (exact) mass is 592 g/mol. The lowest BCUT2D eigenvalue weighted by Crippen LogP contribution is -2.26. The molecule has 0 radical (unpaired) electrons. The molecule has 0 spiro atoms. The standard InChI is InChI=1S/C28H20ClF3N8O2/c29-19-7-9-20(10-8-19)40-26(35-11-1-12-36-27(42)22-15-23-34-13-2-14-39(23)37-22)21(16-33)24(38-40)25(41)17-3-5-18(6-4-17)28(30,31)32/h2-10,13-15,35H,1,11-12H2,(H,36,42). The maximum atomic E-state index is 13.3. The molecule has 42 heavy (non-hydrogen) atoms. The number of nitriles is 1. The molecule has 3 heterocycles. The third kappa shape index (κ3) is 5.93. The van der Waals surface area contributed by atoms with E-state index in [1.54, 1.807) is 48.8 Å². The molecule has 1 amide bonds. The number of nitrogens with one attached hydrogen (secondary N) is 2. The Hall–Kier alpha value is -5.22. The first-order chi connectivity index (χ1) is 20.2. The van der Waals surface area contributed by atoms with Gasteiger partial charge in [-0.15, -0.1) is 0 Å². The highest BCUT2D eigenvalue weighted by Gasteiger charge is 2.31. The first-order valence-electron chi connectivity index (χ1n) is 12.5. The van der Waals surface area contributed by atoms with Gasteiger partial charge in [-0.2, -0.15) is 28.6 Å². The largest absolute Gasteiger partial charge is 0.416 e. The van der Waals surface area contributed by atoms with Crippen LogP contribution < -0.4 is 10.6 Å². The van der Waals surface area contributed by atoms with Crippen LogP contribution in [0.15, 0.2) is 73.1 Å². The van der Waals surface area contributed by atoms with E-state index >= 15 is 0 Å². The number of hydrogen-bond acceptors (Lipinski definition) is 7. The predicted octanol–water partition coefficient (Wildman–Crippen LogP) is 4.92. The van der Waals surface area contributed by atoms with Gasteiger partial charge in [0, 0.05) is 42.1 Å². The molecule has 212 valence electrons. The van der Waals surface area contributed by atoms with Crippen LogP contribution in [0.5, 0.6) is 0 Å². The second-order valence-electron chi connectivity index (χ2n) is 8.96. The summed E-state index contributed by atoms with van der Waals surface area (Å²) in [6, 6.07) is 15.4. The number of rotatable bonds is 9. The maximum Gasteiger partial charge on any atom is 0.416 e. The highest BCUT2D eigenvalue weighted by atomic mass is 35.5. The van der Waals surface area contributed by atoms with Crippen molar-refractivity contribution in [2.24, 2.45) is 0 Å². The quantitative estimate of drug-likeness (QED) is 0.183. The highest BCUT2D eigenvalue weighted by Crippen LogP contribution is 2.30. The Balaban J connectivity index is 1.33. The maximum absolute atomic E-state index is 13.3. The predicted molar refractivity (Wildman–Crippen MR) is 147 cm³/mol. The van der Waals surface area contributed by atoms with Gasteiger partial charge >= 0.3 is 6.18 Å². The van der Waals surface area contributed by atoms with Gasteiger partial charge in [0.25, 0.3) is 5.91 Å². The van der Waals surface area contributed by atoms with E-state index in [4.69, 9.17) is 11.6 Å². The van der Waals surface area contributed by atoms with Crippen LogP contribution in [0.3, 0.4) is 0 Å². The second-order valence-corrected chi connectivity index (χ2v) is 9.40. The molecule has 5 aromatic rings. The number of carbonyl (C=O) groups is 2. The minimum absolute atomic E-state index is 0.0586. The Morgan fingerprint density at radius 1 is 1.02 bits per heavy atom. The van der Waals surface area contributed by atoms with Crippen LogP contribution in [0.4, 0.5) is 19.0 Å². The number of hydrogen-bond donors (Lipinski definition) is 2. The van der Waals surface area contributed by atoms with E-state index < -0.39 is 17.5 Å². The fraction of sp³-hybridized carbons (Fsp3) is 0.143. The minimum atomic E-state index is -4.56. The Morgan fingerprint density at radius 2 is 1.76 bits per heavy atom. The van der Waals surface area contributed by atoms with Crippen molar-refractivity contribution >= 4 is 34.8 Å². The topological polar surface area (TPSA) is 130 Å². The molecule has 0 atom stereocenters. The van der Waals surface area contributed by atoms with Crippen molar-refractivity contribution in [1.29, 1.82) is 5.26 Å². The SMILES string of the molecule is N#Cc1c(C(=O)c2ccc(C(F)(F)F)cc2)nn(-c2ccc(Cl)cc2)c1NCCCNC(=O)c1cc2ncccn2n1. The van der Waals surface area contributed by atoms with Crippen LogP contribution >= 0.6 is 11.6 Å². The summed E-state index contributed by atoms with van der Waals surface area (Å²) in [5.41, 5.74) is -0.0560. The molecule has 2 aromatic carbocycles. The summed E-state index contributed by atoms with van der Waals surface area (Å²) in [4.78, 5) is 29.9. The van der Waals surface area contributed by atoms with Crippen LogP contribution in [-0.4, -0.2) is 49.2 Å². The summed E-state index contributed by atoms with van der Waals surface area (Å²) < 4.78 is 41.8. The molecule has 0 unspecified atom stereocenters. The third-order valence-electron chi connectivity index (χ3n) is 6.16. The van der Waals surface area contributed by atoms with Gasteiger partial charge in [-0.1, -0.05) is 23.7 Å². The Morgan fingerprint density at radius 3 is 2.43 bits per heavy atom. The molecule has 2 N–H and O–H groups in total. The number of carbonyl (C=O) groups excluding carboxylic acids is 2. The molecule has 0 aliphatic carbocycles. The summed E-state index contributed by atoms with van der Waals surface area (Å²) in [6.07, 6.45) is -0.861. The van der Waals surface area contributed by atoms with E-state index in [1.165, 1.54) is 9.20 Å². The minimum Gasteiger partial charge on any atom is -0.369 e. The van der Waals surface area contributed by atoms with Gasteiger partial charge in [-0.05, 0) is 48.9 Å². The number of alkyl halides is 3. The molecule has 3 aromatic heterocycles. The molecular weight excluding hydrogens is 573 g/mol. The zero-order valence-electron chi connectivity index (χ0n) is 21.6. The fourth-order valence-corrected chi connectivity index (χ4v) is 4.22. The summed E-state index contributed by atoms with van der Waals surface area (Å²) in [7, 11) is 0. The van der Waals surface area contributed by atoms with E-state index in [1.807, 2.05) is 6.07 Å². The lowest BCUT2D eigenvalue weighted by Gasteiger charge is -2.11. The van der Waals surface area contributed by atoms with Gasteiger partial charge in [-0.3, -0.25) is 9.59 Å². The molecule has 0 fully saturated rings. The lowest BCUT2D eigenvalue weighted by molar-refractivity contribution is -0.137.